The van der Waals surface area contributed by atoms with Gasteiger partial charge in [-0.3, -0.25) is 19.6 Å². The SMILES string of the molecule is O=C(C[C@@H](CC1CCCC1)C(=O)N1CC2(CC2)C[C@H]1C(=O)c1ccc(Cl)cc1)NO. The van der Waals surface area contributed by atoms with Crippen molar-refractivity contribution in [1.29, 1.82) is 0 Å². The molecule has 2 amide bonds. The summed E-state index contributed by atoms with van der Waals surface area (Å²) in [5.41, 5.74) is 2.28. The smallest absolute Gasteiger partial charge is 0.244 e. The maximum Gasteiger partial charge on any atom is 0.244 e. The highest BCUT2D eigenvalue weighted by Gasteiger charge is 2.55. The fourth-order valence-corrected chi connectivity index (χ4v) is 5.42. The lowest BCUT2D eigenvalue weighted by molar-refractivity contribution is -0.141. The molecular weight excluding hydrogens is 404 g/mol. The molecule has 1 heterocycles. The molecule has 0 radical (unpaired) electrons. The van der Waals surface area contributed by atoms with Gasteiger partial charge in [0.2, 0.25) is 11.8 Å². The summed E-state index contributed by atoms with van der Waals surface area (Å²) >= 11 is 5.96. The summed E-state index contributed by atoms with van der Waals surface area (Å²) in [6.45, 7) is 0.581. The predicted octanol–water partition coefficient (Wildman–Crippen LogP) is 4.00. The van der Waals surface area contributed by atoms with Crippen LogP contribution in [0.5, 0.6) is 0 Å². The molecule has 1 aromatic carbocycles. The average Bonchev–Trinajstić information content (AvgIpc) is 3.13. The van der Waals surface area contributed by atoms with E-state index in [1.807, 2.05) is 0 Å². The van der Waals surface area contributed by atoms with Crippen LogP contribution in [0.4, 0.5) is 0 Å². The highest BCUT2D eigenvalue weighted by Crippen LogP contribution is 2.55. The molecule has 3 aliphatic rings. The number of likely N-dealkylation sites (tertiary alicyclic amines) is 1. The van der Waals surface area contributed by atoms with E-state index in [0.29, 0.717) is 35.9 Å². The molecule has 2 aliphatic carbocycles. The van der Waals surface area contributed by atoms with Crippen molar-refractivity contribution < 1.29 is 19.6 Å². The quantitative estimate of drug-likeness (QED) is 0.387. The third-order valence-corrected chi connectivity index (χ3v) is 7.43. The lowest BCUT2D eigenvalue weighted by Gasteiger charge is -2.29. The van der Waals surface area contributed by atoms with Crippen molar-refractivity contribution in [3.05, 3.63) is 34.9 Å². The van der Waals surface area contributed by atoms with E-state index >= 15 is 0 Å². The van der Waals surface area contributed by atoms with Gasteiger partial charge in [0.25, 0.3) is 0 Å². The first-order valence-electron chi connectivity index (χ1n) is 10.9. The highest BCUT2D eigenvalue weighted by molar-refractivity contribution is 6.30. The summed E-state index contributed by atoms with van der Waals surface area (Å²) in [6, 6.07) is 6.31. The number of hydroxylamine groups is 1. The molecule has 3 fully saturated rings. The Hall–Kier alpha value is -1.92. The number of ketones is 1. The average molecular weight is 433 g/mol. The molecular formula is C23H29ClN2O4. The van der Waals surface area contributed by atoms with Crippen LogP contribution in [0.15, 0.2) is 24.3 Å². The van der Waals surface area contributed by atoms with Crippen LogP contribution in [0.2, 0.25) is 5.02 Å². The number of nitrogens with one attached hydrogen (secondary N) is 1. The Bertz CT molecular complexity index is 815. The molecule has 0 aromatic heterocycles. The van der Waals surface area contributed by atoms with Crippen molar-refractivity contribution in [2.24, 2.45) is 17.3 Å². The Morgan fingerprint density at radius 2 is 1.83 bits per heavy atom. The number of halogens is 1. The summed E-state index contributed by atoms with van der Waals surface area (Å²) in [7, 11) is 0. The maximum atomic E-state index is 13.6. The fraction of sp³-hybridized carbons (Fsp3) is 0.609. The number of benzene rings is 1. The Morgan fingerprint density at radius 3 is 2.43 bits per heavy atom. The van der Waals surface area contributed by atoms with Gasteiger partial charge in [-0.1, -0.05) is 37.3 Å². The highest BCUT2D eigenvalue weighted by atomic mass is 35.5. The number of hydrogen-bond acceptors (Lipinski definition) is 4. The molecule has 30 heavy (non-hydrogen) atoms. The van der Waals surface area contributed by atoms with Gasteiger partial charge in [0, 0.05) is 29.5 Å². The number of amides is 2. The molecule has 0 bridgehead atoms. The molecule has 162 valence electrons. The molecule has 1 aromatic rings. The molecule has 1 saturated heterocycles. The van der Waals surface area contributed by atoms with E-state index in [9.17, 15) is 14.4 Å². The second-order valence-corrected chi connectivity index (χ2v) is 9.82. The van der Waals surface area contributed by atoms with Crippen LogP contribution in [0.3, 0.4) is 0 Å². The van der Waals surface area contributed by atoms with E-state index < -0.39 is 17.9 Å². The molecule has 1 aliphatic heterocycles. The van der Waals surface area contributed by atoms with Gasteiger partial charge in [0.05, 0.1) is 6.04 Å². The summed E-state index contributed by atoms with van der Waals surface area (Å²) in [6.07, 6.45) is 7.79. The van der Waals surface area contributed by atoms with E-state index in [4.69, 9.17) is 16.8 Å². The zero-order valence-electron chi connectivity index (χ0n) is 17.1. The Labute approximate surface area is 181 Å². The summed E-state index contributed by atoms with van der Waals surface area (Å²) in [4.78, 5) is 40.5. The molecule has 1 spiro atoms. The number of rotatable bonds is 7. The molecule has 4 rings (SSSR count). The molecule has 2 N–H and O–H groups in total. The van der Waals surface area contributed by atoms with E-state index in [1.165, 1.54) is 0 Å². The van der Waals surface area contributed by atoms with Gasteiger partial charge < -0.3 is 4.90 Å². The number of hydrogen-bond donors (Lipinski definition) is 2. The van der Waals surface area contributed by atoms with Crippen molar-refractivity contribution in [3.63, 3.8) is 0 Å². The van der Waals surface area contributed by atoms with Crippen LogP contribution in [0, 0.1) is 17.3 Å². The van der Waals surface area contributed by atoms with Gasteiger partial charge in [-0.25, -0.2) is 5.48 Å². The van der Waals surface area contributed by atoms with E-state index in [0.717, 1.165) is 38.5 Å². The lowest BCUT2D eigenvalue weighted by Crippen LogP contribution is -2.45. The van der Waals surface area contributed by atoms with E-state index in [2.05, 4.69) is 0 Å². The zero-order chi connectivity index (χ0) is 21.3. The minimum absolute atomic E-state index is 0.0445. The van der Waals surface area contributed by atoms with Crippen molar-refractivity contribution in [1.82, 2.24) is 10.4 Å². The van der Waals surface area contributed by atoms with Gasteiger partial charge in [0.1, 0.15) is 0 Å². The first kappa shape index (κ1) is 21.3. The minimum atomic E-state index is -0.549. The van der Waals surface area contributed by atoms with Crippen molar-refractivity contribution in [3.8, 4) is 0 Å². The van der Waals surface area contributed by atoms with Crippen molar-refractivity contribution in [2.75, 3.05) is 6.54 Å². The lowest BCUT2D eigenvalue weighted by atomic mass is 9.89. The minimum Gasteiger partial charge on any atom is -0.331 e. The van der Waals surface area contributed by atoms with Crippen LogP contribution >= 0.6 is 11.6 Å². The van der Waals surface area contributed by atoms with Crippen LogP contribution in [0.1, 0.15) is 68.1 Å². The largest absolute Gasteiger partial charge is 0.331 e. The van der Waals surface area contributed by atoms with Gasteiger partial charge >= 0.3 is 0 Å². The molecule has 2 atom stereocenters. The monoisotopic (exact) mass is 432 g/mol. The van der Waals surface area contributed by atoms with Gasteiger partial charge in [-0.05, 0) is 61.3 Å². The first-order valence-corrected chi connectivity index (χ1v) is 11.3. The van der Waals surface area contributed by atoms with Gasteiger partial charge in [0.15, 0.2) is 5.78 Å². The number of nitrogens with zero attached hydrogens (tertiary/aromatic N) is 1. The predicted molar refractivity (Wildman–Crippen MR) is 112 cm³/mol. The molecule has 7 heteroatoms. The number of Topliss-reactive ketones (excluding diaryl/α,β-unsaturated/α-hetero) is 1. The third-order valence-electron chi connectivity index (χ3n) is 7.18. The fourth-order valence-electron chi connectivity index (χ4n) is 5.29. The summed E-state index contributed by atoms with van der Waals surface area (Å²) < 4.78 is 0. The van der Waals surface area contributed by atoms with Crippen LogP contribution < -0.4 is 5.48 Å². The van der Waals surface area contributed by atoms with Gasteiger partial charge in [-0.15, -0.1) is 0 Å². The van der Waals surface area contributed by atoms with Crippen LogP contribution in [-0.2, 0) is 9.59 Å². The molecule has 2 saturated carbocycles. The summed E-state index contributed by atoms with van der Waals surface area (Å²) in [5.74, 6) is -0.813. The zero-order valence-corrected chi connectivity index (χ0v) is 17.9. The topological polar surface area (TPSA) is 86.7 Å². The van der Waals surface area contributed by atoms with E-state index in [1.54, 1.807) is 34.6 Å². The van der Waals surface area contributed by atoms with Gasteiger partial charge in [-0.2, -0.15) is 0 Å². The standard InChI is InChI=1S/C23H29ClN2O4/c24-18-7-5-16(6-8-18)21(28)19-13-23(9-10-23)14-26(19)22(29)17(12-20(27)25-30)11-15-3-1-2-4-15/h5-8,15,17,19,30H,1-4,9-14H2,(H,25,27)/t17-,19+/m1/s1. The van der Waals surface area contributed by atoms with Crippen LogP contribution in [-0.4, -0.2) is 40.3 Å². The second kappa shape index (κ2) is 8.67. The third kappa shape index (κ3) is 4.54. The first-order chi connectivity index (χ1) is 14.4. The Balaban J connectivity index is 1.55. The molecule has 0 unspecified atom stereocenters. The Kier molecular flexibility index (Phi) is 6.16. The number of carbonyl (C=O) groups is 3. The molecule has 6 nitrogen and oxygen atoms in total. The maximum absolute atomic E-state index is 13.6. The van der Waals surface area contributed by atoms with Crippen LogP contribution in [0.25, 0.3) is 0 Å². The normalized spacial score (nSPS) is 23.5. The summed E-state index contributed by atoms with van der Waals surface area (Å²) in [5, 5.41) is 9.57. The van der Waals surface area contributed by atoms with E-state index in [-0.39, 0.29) is 23.5 Å². The number of carbonyl (C=O) groups excluding carboxylic acids is 3. The van der Waals surface area contributed by atoms with Crippen molar-refractivity contribution >= 4 is 29.2 Å². The second-order valence-electron chi connectivity index (χ2n) is 9.38. The Morgan fingerprint density at radius 1 is 1.17 bits per heavy atom. The van der Waals surface area contributed by atoms with Crippen molar-refractivity contribution in [2.45, 2.75) is 63.8 Å².